The molecule has 114 valence electrons. The Labute approximate surface area is 121 Å². The van der Waals surface area contributed by atoms with Gasteiger partial charge in [0.05, 0.1) is 24.2 Å². The Morgan fingerprint density at radius 1 is 1.20 bits per heavy atom. The highest BCUT2D eigenvalue weighted by molar-refractivity contribution is 5.85. The molecule has 0 radical (unpaired) electrons. The van der Waals surface area contributed by atoms with Crippen LogP contribution in [-0.2, 0) is 19.0 Å². The molecule has 0 aromatic carbocycles. The van der Waals surface area contributed by atoms with Crippen LogP contribution in [0.2, 0.25) is 0 Å². The van der Waals surface area contributed by atoms with Crippen LogP contribution in [0.1, 0.15) is 45.4 Å². The Balaban J connectivity index is 1.73. The van der Waals surface area contributed by atoms with Crippen LogP contribution in [0.4, 0.5) is 0 Å². The van der Waals surface area contributed by atoms with Gasteiger partial charge in [-0.2, -0.15) is 0 Å². The molecule has 3 aliphatic rings. The van der Waals surface area contributed by atoms with E-state index in [2.05, 4.69) is 0 Å². The average molecular weight is 282 g/mol. The van der Waals surface area contributed by atoms with Gasteiger partial charge in [-0.3, -0.25) is 4.79 Å². The topological polar surface area (TPSA) is 44.8 Å². The van der Waals surface area contributed by atoms with Crippen LogP contribution in [0, 0.1) is 17.3 Å². The lowest BCUT2D eigenvalue weighted by atomic mass is 9.62. The highest BCUT2D eigenvalue weighted by atomic mass is 16.7. The zero-order valence-electron chi connectivity index (χ0n) is 12.7. The lowest BCUT2D eigenvalue weighted by Crippen LogP contribution is -2.54. The van der Waals surface area contributed by atoms with E-state index in [1.54, 1.807) is 14.0 Å². The van der Waals surface area contributed by atoms with Crippen molar-refractivity contribution in [1.29, 1.82) is 0 Å². The summed E-state index contributed by atoms with van der Waals surface area (Å²) >= 11 is 0. The molecule has 0 aliphatic heterocycles. The van der Waals surface area contributed by atoms with Gasteiger partial charge in [0.15, 0.2) is 0 Å². The third-order valence-corrected chi connectivity index (χ3v) is 6.12. The molecule has 4 heteroatoms. The second kappa shape index (κ2) is 5.39. The fourth-order valence-electron chi connectivity index (χ4n) is 5.46. The van der Waals surface area contributed by atoms with E-state index in [1.165, 1.54) is 19.3 Å². The number of Topliss-reactive ketones (excluding diaryl/α,β-unsaturated/α-hetero) is 1. The van der Waals surface area contributed by atoms with Gasteiger partial charge < -0.3 is 14.2 Å². The van der Waals surface area contributed by atoms with Crippen LogP contribution in [0.3, 0.4) is 0 Å². The summed E-state index contributed by atoms with van der Waals surface area (Å²) in [4.78, 5) is 12.4. The Bertz CT molecular complexity index is 383. The van der Waals surface area contributed by atoms with Gasteiger partial charge >= 0.3 is 0 Å². The van der Waals surface area contributed by atoms with Crippen molar-refractivity contribution in [1.82, 2.24) is 0 Å². The largest absolute Gasteiger partial charge is 0.382 e. The molecule has 4 atom stereocenters. The fraction of sp³-hybridized carbons (Fsp3) is 0.938. The van der Waals surface area contributed by atoms with Gasteiger partial charge in [-0.15, -0.1) is 0 Å². The molecule has 0 spiro atoms. The smallest absolute Gasteiger partial charge is 0.147 e. The highest BCUT2D eigenvalue weighted by Gasteiger charge is 2.72. The molecule has 0 aromatic rings. The first-order valence-corrected chi connectivity index (χ1v) is 7.89. The van der Waals surface area contributed by atoms with Crippen molar-refractivity contribution < 1.29 is 19.0 Å². The van der Waals surface area contributed by atoms with Gasteiger partial charge in [-0.05, 0) is 57.3 Å². The summed E-state index contributed by atoms with van der Waals surface area (Å²) in [5.74, 6) is 1.45. The van der Waals surface area contributed by atoms with Crippen LogP contribution in [0.5, 0.6) is 0 Å². The molecule has 0 heterocycles. The third-order valence-electron chi connectivity index (χ3n) is 6.12. The molecular formula is C16H26O4. The zero-order chi connectivity index (χ0) is 14.2. The normalized spacial score (nSPS) is 42.1. The van der Waals surface area contributed by atoms with Crippen molar-refractivity contribution in [2.45, 2.75) is 51.0 Å². The molecule has 4 unspecified atom stereocenters. The molecule has 0 saturated heterocycles. The summed E-state index contributed by atoms with van der Waals surface area (Å²) in [6.07, 6.45) is 6.77. The maximum Gasteiger partial charge on any atom is 0.147 e. The van der Waals surface area contributed by atoms with Crippen LogP contribution in [0.15, 0.2) is 0 Å². The van der Waals surface area contributed by atoms with Crippen LogP contribution in [0.25, 0.3) is 0 Å². The van der Waals surface area contributed by atoms with Crippen LogP contribution < -0.4 is 0 Å². The molecule has 3 rings (SSSR count). The number of hydrogen-bond acceptors (Lipinski definition) is 4. The minimum absolute atomic E-state index is 0.208. The van der Waals surface area contributed by atoms with E-state index in [-0.39, 0.29) is 11.0 Å². The Hall–Kier alpha value is -0.450. The van der Waals surface area contributed by atoms with E-state index < -0.39 is 0 Å². The number of ketones is 1. The molecule has 4 nitrogen and oxygen atoms in total. The van der Waals surface area contributed by atoms with Crippen molar-refractivity contribution in [3.05, 3.63) is 0 Å². The predicted molar refractivity (Wildman–Crippen MR) is 74.3 cm³/mol. The molecular weight excluding hydrogens is 256 g/mol. The summed E-state index contributed by atoms with van der Waals surface area (Å²) < 4.78 is 16.7. The van der Waals surface area contributed by atoms with Crippen molar-refractivity contribution in [2.24, 2.45) is 17.3 Å². The predicted octanol–water partition coefficient (Wildman–Crippen LogP) is 2.55. The van der Waals surface area contributed by atoms with E-state index >= 15 is 0 Å². The van der Waals surface area contributed by atoms with Gasteiger partial charge in [0.25, 0.3) is 0 Å². The number of methoxy groups -OCH3 is 1. The van der Waals surface area contributed by atoms with Crippen molar-refractivity contribution in [3.63, 3.8) is 0 Å². The van der Waals surface area contributed by atoms with Gasteiger partial charge in [0.1, 0.15) is 12.6 Å². The maximum atomic E-state index is 12.4. The summed E-state index contributed by atoms with van der Waals surface area (Å²) in [7, 11) is 1.66. The van der Waals surface area contributed by atoms with E-state index in [0.717, 1.165) is 19.3 Å². The van der Waals surface area contributed by atoms with Gasteiger partial charge in [-0.1, -0.05) is 0 Å². The van der Waals surface area contributed by atoms with Gasteiger partial charge in [-0.25, -0.2) is 0 Å². The zero-order valence-corrected chi connectivity index (χ0v) is 12.7. The molecule has 20 heavy (non-hydrogen) atoms. The molecule has 3 saturated carbocycles. The second-order valence-corrected chi connectivity index (χ2v) is 6.64. The summed E-state index contributed by atoms with van der Waals surface area (Å²) in [5.41, 5.74) is -0.435. The molecule has 3 aliphatic carbocycles. The molecule has 2 bridgehead atoms. The Morgan fingerprint density at radius 2 is 2.00 bits per heavy atom. The standard InChI is InChI=1S/C16H26O4/c1-12(17)15-6-3-7-16(15,14-5-4-13(15)10-14)20-11-19-9-8-18-2/h13-14H,3-11H2,1-2H3. The molecule has 3 fully saturated rings. The molecule has 0 amide bonds. The first kappa shape index (κ1) is 14.5. The maximum absolute atomic E-state index is 12.4. The lowest BCUT2D eigenvalue weighted by Gasteiger charge is -2.47. The minimum Gasteiger partial charge on any atom is -0.382 e. The number of ether oxygens (including phenoxy) is 3. The van der Waals surface area contributed by atoms with Crippen molar-refractivity contribution >= 4 is 5.78 Å². The monoisotopic (exact) mass is 282 g/mol. The molecule has 0 N–H and O–H groups in total. The van der Waals surface area contributed by atoms with E-state index in [1.807, 2.05) is 0 Å². The Morgan fingerprint density at radius 3 is 2.75 bits per heavy atom. The lowest BCUT2D eigenvalue weighted by molar-refractivity contribution is -0.206. The average Bonchev–Trinajstić information content (AvgIpc) is 3.09. The Kier molecular flexibility index (Phi) is 3.91. The van der Waals surface area contributed by atoms with E-state index in [4.69, 9.17) is 14.2 Å². The quantitative estimate of drug-likeness (QED) is 0.532. The number of hydrogen-bond donors (Lipinski definition) is 0. The van der Waals surface area contributed by atoms with Gasteiger partial charge in [0.2, 0.25) is 0 Å². The molecule has 0 aromatic heterocycles. The van der Waals surface area contributed by atoms with Crippen molar-refractivity contribution in [3.8, 4) is 0 Å². The minimum atomic E-state index is -0.227. The first-order chi connectivity index (χ1) is 9.67. The highest BCUT2D eigenvalue weighted by Crippen LogP contribution is 2.70. The first-order valence-electron chi connectivity index (χ1n) is 7.89. The van der Waals surface area contributed by atoms with E-state index in [9.17, 15) is 4.79 Å². The number of carbonyl (C=O) groups is 1. The number of carbonyl (C=O) groups excluding carboxylic acids is 1. The van der Waals surface area contributed by atoms with Crippen molar-refractivity contribution in [2.75, 3.05) is 27.1 Å². The second-order valence-electron chi connectivity index (χ2n) is 6.64. The number of rotatable bonds is 7. The summed E-state index contributed by atoms with van der Waals surface area (Å²) in [5, 5.41) is 0. The van der Waals surface area contributed by atoms with Crippen LogP contribution >= 0.6 is 0 Å². The third kappa shape index (κ3) is 1.81. The summed E-state index contributed by atoms with van der Waals surface area (Å²) in [6.45, 7) is 3.20. The number of fused-ring (bicyclic) bond motifs is 5. The SMILES string of the molecule is COCCOCOC12CCCC1(C(C)=O)C1CCC2C1. The van der Waals surface area contributed by atoms with Crippen LogP contribution in [-0.4, -0.2) is 38.5 Å². The van der Waals surface area contributed by atoms with E-state index in [0.29, 0.717) is 37.6 Å². The fourth-order valence-corrected chi connectivity index (χ4v) is 5.46. The summed E-state index contributed by atoms with van der Waals surface area (Å²) in [6, 6.07) is 0. The van der Waals surface area contributed by atoms with Gasteiger partial charge in [0, 0.05) is 7.11 Å².